The van der Waals surface area contributed by atoms with Crippen molar-refractivity contribution in [2.24, 2.45) is 0 Å². The molecule has 1 atom stereocenters. The van der Waals surface area contributed by atoms with E-state index < -0.39 is 24.1 Å². The van der Waals surface area contributed by atoms with Crippen LogP contribution in [0.15, 0.2) is 11.1 Å². The van der Waals surface area contributed by atoms with Crippen molar-refractivity contribution in [1.29, 1.82) is 0 Å². The van der Waals surface area contributed by atoms with Gasteiger partial charge in [0.2, 0.25) is 6.23 Å². The Morgan fingerprint density at radius 1 is 1.18 bits per heavy atom. The molecule has 0 spiro atoms. The van der Waals surface area contributed by atoms with Crippen LogP contribution in [-0.4, -0.2) is 36.8 Å². The van der Waals surface area contributed by atoms with Crippen molar-refractivity contribution in [3.63, 3.8) is 0 Å². The monoisotopic (exact) mass is 308 g/mol. The molecule has 1 unspecified atom stereocenters. The Labute approximate surface area is 128 Å². The number of rotatable bonds is 5. The van der Waals surface area contributed by atoms with Gasteiger partial charge in [0.1, 0.15) is 0 Å². The molecule has 1 aliphatic carbocycles. The van der Waals surface area contributed by atoms with E-state index in [9.17, 15) is 14.4 Å². The van der Waals surface area contributed by atoms with Crippen molar-refractivity contribution in [3.8, 4) is 0 Å². The lowest BCUT2D eigenvalue weighted by Gasteiger charge is -2.31. The number of imide groups is 1. The van der Waals surface area contributed by atoms with Crippen LogP contribution in [0.3, 0.4) is 0 Å². The predicted octanol–water partition coefficient (Wildman–Crippen LogP) is 1.13. The van der Waals surface area contributed by atoms with Crippen LogP contribution in [0.5, 0.6) is 0 Å². The van der Waals surface area contributed by atoms with Crippen molar-refractivity contribution in [3.05, 3.63) is 11.1 Å². The van der Waals surface area contributed by atoms with E-state index in [2.05, 4.69) is 10.6 Å². The third-order valence-electron chi connectivity index (χ3n) is 4.26. The summed E-state index contributed by atoms with van der Waals surface area (Å²) in [4.78, 5) is 34.8. The van der Waals surface area contributed by atoms with E-state index in [1.807, 2.05) is 0 Å². The van der Waals surface area contributed by atoms with Crippen LogP contribution < -0.4 is 10.6 Å². The number of ether oxygens (including phenoxy) is 2. The number of fused-ring (bicyclic) bond motifs is 1. The summed E-state index contributed by atoms with van der Waals surface area (Å²) in [5, 5.41) is 4.63. The van der Waals surface area contributed by atoms with Crippen LogP contribution >= 0.6 is 0 Å². The fourth-order valence-electron chi connectivity index (χ4n) is 3.21. The predicted molar refractivity (Wildman–Crippen MR) is 75.6 cm³/mol. The molecule has 3 rings (SSSR count). The van der Waals surface area contributed by atoms with Crippen LogP contribution in [0, 0.1) is 0 Å². The number of hydrogen-bond acceptors (Lipinski definition) is 5. The second-order valence-corrected chi connectivity index (χ2v) is 5.87. The molecule has 0 aromatic heterocycles. The van der Waals surface area contributed by atoms with Gasteiger partial charge in [-0.1, -0.05) is 12.8 Å². The lowest BCUT2D eigenvalue weighted by molar-refractivity contribution is -0.150. The quantitative estimate of drug-likeness (QED) is 0.586. The normalized spacial score (nSPS) is 25.6. The number of hydrogen-bond donors (Lipinski definition) is 2. The maximum atomic E-state index is 11.9. The van der Waals surface area contributed by atoms with Gasteiger partial charge in [0, 0.05) is 6.61 Å². The molecule has 2 heterocycles. The van der Waals surface area contributed by atoms with Gasteiger partial charge in [-0.2, -0.15) is 0 Å². The third kappa shape index (κ3) is 3.30. The second kappa shape index (κ2) is 6.48. The molecule has 7 nitrogen and oxygen atoms in total. The minimum atomic E-state index is -0.951. The van der Waals surface area contributed by atoms with Gasteiger partial charge in [-0.25, -0.2) is 4.79 Å². The number of amides is 3. The van der Waals surface area contributed by atoms with E-state index in [1.54, 1.807) is 0 Å². The van der Waals surface area contributed by atoms with Crippen molar-refractivity contribution >= 4 is 17.9 Å². The molecule has 0 aromatic carbocycles. The summed E-state index contributed by atoms with van der Waals surface area (Å²) in [6.07, 6.45) is 5.55. The van der Waals surface area contributed by atoms with Crippen molar-refractivity contribution in [1.82, 2.24) is 10.6 Å². The molecule has 7 heteroatoms. The lowest BCUT2D eigenvalue weighted by Crippen LogP contribution is -2.57. The molecule has 0 radical (unpaired) electrons. The number of nitrogens with one attached hydrogen (secondary N) is 2. The molecule has 120 valence electrons. The maximum Gasteiger partial charge on any atom is 0.324 e. The first-order chi connectivity index (χ1) is 10.6. The first-order valence-corrected chi connectivity index (χ1v) is 7.78. The van der Waals surface area contributed by atoms with E-state index >= 15 is 0 Å². The average molecular weight is 308 g/mol. The van der Waals surface area contributed by atoms with E-state index in [-0.39, 0.29) is 6.42 Å². The van der Waals surface area contributed by atoms with Crippen molar-refractivity contribution in [2.45, 2.75) is 57.3 Å². The van der Waals surface area contributed by atoms with Gasteiger partial charge in [-0.05, 0) is 31.3 Å². The lowest BCUT2D eigenvalue weighted by atomic mass is 9.95. The van der Waals surface area contributed by atoms with Gasteiger partial charge in [-0.3, -0.25) is 20.2 Å². The van der Waals surface area contributed by atoms with Crippen LogP contribution in [0.2, 0.25) is 0 Å². The van der Waals surface area contributed by atoms with Crippen LogP contribution in [0.25, 0.3) is 0 Å². The Morgan fingerprint density at radius 2 is 1.95 bits per heavy atom. The van der Waals surface area contributed by atoms with Crippen LogP contribution in [-0.2, 0) is 19.1 Å². The molecule has 0 aromatic rings. The van der Waals surface area contributed by atoms with Gasteiger partial charge in [0.05, 0.1) is 18.1 Å². The van der Waals surface area contributed by atoms with Crippen LogP contribution in [0.4, 0.5) is 4.79 Å². The minimum absolute atomic E-state index is 0.0958. The molecule has 2 aliphatic heterocycles. The van der Waals surface area contributed by atoms with Crippen LogP contribution in [0.1, 0.15) is 44.9 Å². The summed E-state index contributed by atoms with van der Waals surface area (Å²) in [6, 6.07) is -0.641. The Kier molecular flexibility index (Phi) is 4.42. The zero-order chi connectivity index (χ0) is 15.5. The summed E-state index contributed by atoms with van der Waals surface area (Å²) in [6.45, 7) is 0.620. The van der Waals surface area contributed by atoms with Gasteiger partial charge in [-0.15, -0.1) is 0 Å². The molecule has 3 amide bonds. The average Bonchev–Trinajstić information content (AvgIpc) is 2.95. The number of carbonyl (C=O) groups excluding carboxylic acids is 3. The van der Waals surface area contributed by atoms with Crippen molar-refractivity contribution in [2.75, 3.05) is 6.61 Å². The van der Waals surface area contributed by atoms with E-state index in [1.165, 1.54) is 12.8 Å². The fraction of sp³-hybridized carbons (Fsp3) is 0.667. The molecular weight excluding hydrogens is 288 g/mol. The molecule has 1 saturated heterocycles. The first kappa shape index (κ1) is 15.0. The summed E-state index contributed by atoms with van der Waals surface area (Å²) in [5.41, 5.74) is 1.09. The van der Waals surface area contributed by atoms with E-state index in [0.29, 0.717) is 24.7 Å². The standard InChI is InChI=1S/C15H20N2O5/c18-11-8-9(4-3-7-21-10-5-1-2-6-10)12-13(19)16-15(20)17-14(12)22-11/h10,14H,1-8H2,(H2,16,17,19,20). The Bertz CT molecular complexity index is 522. The third-order valence-corrected chi connectivity index (χ3v) is 4.26. The first-order valence-electron chi connectivity index (χ1n) is 7.78. The highest BCUT2D eigenvalue weighted by molar-refractivity contribution is 6.08. The zero-order valence-electron chi connectivity index (χ0n) is 12.4. The zero-order valence-corrected chi connectivity index (χ0v) is 12.4. The molecule has 3 aliphatic rings. The highest BCUT2D eigenvalue weighted by Gasteiger charge is 2.38. The summed E-state index contributed by atoms with van der Waals surface area (Å²) in [5.74, 6) is -0.900. The smallest absolute Gasteiger partial charge is 0.324 e. The molecule has 22 heavy (non-hydrogen) atoms. The fourth-order valence-corrected chi connectivity index (χ4v) is 3.21. The van der Waals surface area contributed by atoms with Crippen molar-refractivity contribution < 1.29 is 23.9 Å². The van der Waals surface area contributed by atoms with Gasteiger partial charge < -0.3 is 9.47 Å². The Hall–Kier alpha value is -1.89. The second-order valence-electron chi connectivity index (χ2n) is 5.87. The molecule has 0 bridgehead atoms. The van der Waals surface area contributed by atoms with E-state index in [4.69, 9.17) is 9.47 Å². The topological polar surface area (TPSA) is 93.7 Å². The van der Waals surface area contributed by atoms with Gasteiger partial charge >= 0.3 is 12.0 Å². The largest absolute Gasteiger partial charge is 0.437 e. The minimum Gasteiger partial charge on any atom is -0.437 e. The highest BCUT2D eigenvalue weighted by Crippen LogP contribution is 2.27. The number of carbonyl (C=O) groups is 3. The van der Waals surface area contributed by atoms with Gasteiger partial charge in [0.15, 0.2) is 0 Å². The SMILES string of the molecule is O=C1NC(=O)C2=C(CCCOC3CCCC3)CC(=O)OC2N1. The highest BCUT2D eigenvalue weighted by atomic mass is 16.6. The maximum absolute atomic E-state index is 11.9. The number of esters is 1. The summed E-state index contributed by atoms with van der Waals surface area (Å²) >= 11 is 0. The summed E-state index contributed by atoms with van der Waals surface area (Å²) in [7, 11) is 0. The molecule has 2 N–H and O–H groups in total. The summed E-state index contributed by atoms with van der Waals surface area (Å²) < 4.78 is 10.8. The van der Waals surface area contributed by atoms with Gasteiger partial charge in [0.25, 0.3) is 5.91 Å². The number of urea groups is 1. The Balaban J connectivity index is 1.59. The molecule has 1 saturated carbocycles. The molecule has 2 fully saturated rings. The van der Waals surface area contributed by atoms with E-state index in [0.717, 1.165) is 24.8 Å². The Morgan fingerprint density at radius 3 is 2.73 bits per heavy atom. The molecular formula is C15H20N2O5.